The molecule has 0 aromatic heterocycles. The average molecular weight is 286 g/mol. The third-order valence-corrected chi connectivity index (χ3v) is 5.62. The van der Waals surface area contributed by atoms with Gasteiger partial charge in [-0.15, -0.1) is 11.6 Å². The Bertz CT molecular complexity index is 280. The summed E-state index contributed by atoms with van der Waals surface area (Å²) in [4.78, 5) is 12.1. The standard InChI is InChI=1S/C16H28ClNO/c17-12-16(9-5-2-6-10-16)13-18-15(19)11-14-7-3-1-4-8-14/h14H,1-13H2,(H,18,19). The maximum Gasteiger partial charge on any atom is 0.220 e. The van der Waals surface area contributed by atoms with Gasteiger partial charge in [-0.1, -0.05) is 38.5 Å². The highest BCUT2D eigenvalue weighted by atomic mass is 35.5. The molecule has 0 radical (unpaired) electrons. The molecule has 110 valence electrons. The number of halogens is 1. The summed E-state index contributed by atoms with van der Waals surface area (Å²) in [7, 11) is 0. The second-order valence-corrected chi connectivity index (χ2v) is 6.95. The summed E-state index contributed by atoms with van der Waals surface area (Å²) in [5.74, 6) is 1.57. The first-order valence-electron chi connectivity index (χ1n) is 8.07. The first-order chi connectivity index (χ1) is 9.24. The molecule has 2 fully saturated rings. The van der Waals surface area contributed by atoms with Gasteiger partial charge < -0.3 is 5.32 Å². The van der Waals surface area contributed by atoms with Crippen LogP contribution in [-0.4, -0.2) is 18.3 Å². The summed E-state index contributed by atoms with van der Waals surface area (Å²) in [5.41, 5.74) is 0.183. The minimum atomic E-state index is 0.183. The highest BCUT2D eigenvalue weighted by Crippen LogP contribution is 2.36. The van der Waals surface area contributed by atoms with E-state index in [-0.39, 0.29) is 11.3 Å². The van der Waals surface area contributed by atoms with Crippen LogP contribution in [0.4, 0.5) is 0 Å². The van der Waals surface area contributed by atoms with Crippen molar-refractivity contribution in [2.45, 2.75) is 70.6 Å². The van der Waals surface area contributed by atoms with Gasteiger partial charge in [-0.25, -0.2) is 0 Å². The van der Waals surface area contributed by atoms with E-state index in [1.807, 2.05) is 0 Å². The molecule has 0 atom stereocenters. The molecule has 0 saturated heterocycles. The maximum absolute atomic E-state index is 12.1. The van der Waals surface area contributed by atoms with Crippen molar-refractivity contribution >= 4 is 17.5 Å². The molecule has 1 amide bonds. The average Bonchev–Trinajstić information content (AvgIpc) is 2.47. The van der Waals surface area contributed by atoms with Crippen LogP contribution in [0.5, 0.6) is 0 Å². The number of hydrogen-bond acceptors (Lipinski definition) is 1. The van der Waals surface area contributed by atoms with Crippen molar-refractivity contribution in [1.82, 2.24) is 5.32 Å². The van der Waals surface area contributed by atoms with Crippen molar-refractivity contribution < 1.29 is 4.79 Å². The van der Waals surface area contributed by atoms with Gasteiger partial charge in [0.05, 0.1) is 0 Å². The summed E-state index contributed by atoms with van der Waals surface area (Å²) in [6, 6.07) is 0. The Kier molecular flexibility index (Phi) is 6.00. The highest BCUT2D eigenvalue weighted by Gasteiger charge is 2.31. The van der Waals surface area contributed by atoms with Crippen molar-refractivity contribution in [3.63, 3.8) is 0 Å². The second kappa shape index (κ2) is 7.52. The molecule has 0 spiro atoms. The molecule has 0 bridgehead atoms. The van der Waals surface area contributed by atoms with Crippen LogP contribution < -0.4 is 5.32 Å². The molecule has 2 nitrogen and oxygen atoms in total. The van der Waals surface area contributed by atoms with Crippen molar-refractivity contribution in [3.8, 4) is 0 Å². The lowest BCUT2D eigenvalue weighted by Crippen LogP contribution is -2.40. The Labute approximate surface area is 122 Å². The maximum atomic E-state index is 12.1. The van der Waals surface area contributed by atoms with E-state index in [0.29, 0.717) is 11.8 Å². The largest absolute Gasteiger partial charge is 0.355 e. The summed E-state index contributed by atoms with van der Waals surface area (Å²) in [5, 5.41) is 3.17. The van der Waals surface area contributed by atoms with Crippen LogP contribution in [0.3, 0.4) is 0 Å². The molecular formula is C16H28ClNO. The number of carbonyl (C=O) groups is 1. The topological polar surface area (TPSA) is 29.1 Å². The Morgan fingerprint density at radius 2 is 1.68 bits per heavy atom. The fourth-order valence-electron chi connectivity index (χ4n) is 3.67. The van der Waals surface area contributed by atoms with Crippen LogP contribution >= 0.6 is 11.6 Å². The molecule has 0 unspecified atom stereocenters. The molecule has 3 heteroatoms. The van der Waals surface area contributed by atoms with Gasteiger partial charge in [-0.2, -0.15) is 0 Å². The van der Waals surface area contributed by atoms with Gasteiger partial charge >= 0.3 is 0 Å². The van der Waals surface area contributed by atoms with Crippen molar-refractivity contribution in [2.24, 2.45) is 11.3 Å². The van der Waals surface area contributed by atoms with Crippen molar-refractivity contribution in [1.29, 1.82) is 0 Å². The van der Waals surface area contributed by atoms with Gasteiger partial charge in [0.15, 0.2) is 0 Å². The van der Waals surface area contributed by atoms with Gasteiger partial charge in [-0.05, 0) is 31.6 Å². The van der Waals surface area contributed by atoms with Gasteiger partial charge in [0.25, 0.3) is 0 Å². The molecule has 19 heavy (non-hydrogen) atoms. The number of amides is 1. The lowest BCUT2D eigenvalue weighted by molar-refractivity contribution is -0.122. The smallest absolute Gasteiger partial charge is 0.220 e. The van der Waals surface area contributed by atoms with E-state index in [1.54, 1.807) is 0 Å². The first-order valence-corrected chi connectivity index (χ1v) is 8.60. The number of carbonyl (C=O) groups excluding carboxylic acids is 1. The Morgan fingerprint density at radius 1 is 1.05 bits per heavy atom. The Hall–Kier alpha value is -0.240. The number of rotatable bonds is 5. The molecule has 2 aliphatic carbocycles. The number of alkyl halides is 1. The lowest BCUT2D eigenvalue weighted by Gasteiger charge is -2.35. The number of hydrogen-bond donors (Lipinski definition) is 1. The fraction of sp³-hybridized carbons (Fsp3) is 0.938. The minimum absolute atomic E-state index is 0.183. The second-order valence-electron chi connectivity index (χ2n) is 6.68. The van der Waals surface area contributed by atoms with Crippen LogP contribution in [0.1, 0.15) is 70.6 Å². The Balaban J connectivity index is 1.72. The predicted molar refractivity (Wildman–Crippen MR) is 80.4 cm³/mol. The van der Waals surface area contributed by atoms with Crippen molar-refractivity contribution in [2.75, 3.05) is 12.4 Å². The van der Waals surface area contributed by atoms with Crippen LogP contribution in [0.15, 0.2) is 0 Å². The normalized spacial score (nSPS) is 24.1. The molecule has 0 aromatic rings. The number of nitrogens with one attached hydrogen (secondary N) is 1. The van der Waals surface area contributed by atoms with Gasteiger partial charge in [-0.3, -0.25) is 4.79 Å². The fourth-order valence-corrected chi connectivity index (χ4v) is 4.03. The molecule has 2 saturated carbocycles. The van der Waals surface area contributed by atoms with Crippen LogP contribution in [0.25, 0.3) is 0 Å². The summed E-state index contributed by atoms with van der Waals surface area (Å²) in [6.45, 7) is 0.794. The van der Waals surface area contributed by atoms with E-state index in [9.17, 15) is 4.79 Å². The van der Waals surface area contributed by atoms with Gasteiger partial charge in [0.2, 0.25) is 5.91 Å². The minimum Gasteiger partial charge on any atom is -0.355 e. The molecular weight excluding hydrogens is 258 g/mol. The molecule has 0 aromatic carbocycles. The predicted octanol–water partition coefficient (Wildman–Crippen LogP) is 4.26. The SMILES string of the molecule is O=C(CC1CCCCC1)NCC1(CCl)CCCCC1. The zero-order valence-electron chi connectivity index (χ0n) is 12.1. The van der Waals surface area contributed by atoms with Gasteiger partial charge in [0, 0.05) is 24.3 Å². The van der Waals surface area contributed by atoms with E-state index in [1.165, 1.54) is 64.2 Å². The zero-order chi connectivity index (χ0) is 13.6. The zero-order valence-corrected chi connectivity index (χ0v) is 12.8. The molecule has 0 aliphatic heterocycles. The lowest BCUT2D eigenvalue weighted by atomic mass is 9.75. The molecule has 2 aliphatic rings. The third-order valence-electron chi connectivity index (χ3n) is 5.06. The third kappa shape index (κ3) is 4.66. The van der Waals surface area contributed by atoms with Crippen LogP contribution in [-0.2, 0) is 4.79 Å². The van der Waals surface area contributed by atoms with E-state index in [4.69, 9.17) is 11.6 Å². The molecule has 0 heterocycles. The van der Waals surface area contributed by atoms with E-state index >= 15 is 0 Å². The summed E-state index contributed by atoms with van der Waals surface area (Å²) >= 11 is 6.16. The van der Waals surface area contributed by atoms with Crippen LogP contribution in [0, 0.1) is 11.3 Å². The van der Waals surface area contributed by atoms with E-state index in [2.05, 4.69) is 5.32 Å². The van der Waals surface area contributed by atoms with Gasteiger partial charge in [0.1, 0.15) is 0 Å². The van der Waals surface area contributed by atoms with Crippen molar-refractivity contribution in [3.05, 3.63) is 0 Å². The monoisotopic (exact) mass is 285 g/mol. The summed E-state index contributed by atoms with van der Waals surface area (Å²) < 4.78 is 0. The Morgan fingerprint density at radius 3 is 2.32 bits per heavy atom. The van der Waals surface area contributed by atoms with Crippen LogP contribution in [0.2, 0.25) is 0 Å². The molecule has 1 N–H and O–H groups in total. The molecule has 2 rings (SSSR count). The highest BCUT2D eigenvalue weighted by molar-refractivity contribution is 6.18. The van der Waals surface area contributed by atoms with E-state index in [0.717, 1.165) is 13.0 Å². The first kappa shape index (κ1) is 15.2. The summed E-state index contributed by atoms with van der Waals surface area (Å²) in [6.07, 6.45) is 13.4. The quantitative estimate of drug-likeness (QED) is 0.751. The van der Waals surface area contributed by atoms with E-state index < -0.39 is 0 Å².